The Bertz CT molecular complexity index is 734. The standard InChI is InChI=1S/C18H17Cl3N2O/c19-13-4-1-11(2-5-13)18(24)23-17-7-8-22-10-14(17)12-3-6-15(20)16(21)9-12/h1-6,9,14,17,22H,7-8,10H2,(H,23,24)/t14-,17+/m0/s1. The lowest BCUT2D eigenvalue weighted by Crippen LogP contribution is -2.48. The molecule has 0 bridgehead atoms. The van der Waals surface area contributed by atoms with Crippen molar-refractivity contribution in [2.45, 2.75) is 18.4 Å². The van der Waals surface area contributed by atoms with Gasteiger partial charge in [0.05, 0.1) is 10.0 Å². The van der Waals surface area contributed by atoms with Gasteiger partial charge in [0.15, 0.2) is 0 Å². The lowest BCUT2D eigenvalue weighted by atomic mass is 9.86. The van der Waals surface area contributed by atoms with Gasteiger partial charge in [0, 0.05) is 29.1 Å². The molecule has 0 aliphatic carbocycles. The van der Waals surface area contributed by atoms with E-state index in [9.17, 15) is 4.79 Å². The first kappa shape index (κ1) is 17.6. The summed E-state index contributed by atoms with van der Waals surface area (Å²) >= 11 is 18.0. The molecule has 1 saturated heterocycles. The van der Waals surface area contributed by atoms with E-state index in [0.717, 1.165) is 25.1 Å². The Labute approximate surface area is 156 Å². The van der Waals surface area contributed by atoms with Crippen LogP contribution in [0.3, 0.4) is 0 Å². The van der Waals surface area contributed by atoms with E-state index in [1.165, 1.54) is 0 Å². The van der Waals surface area contributed by atoms with Gasteiger partial charge >= 0.3 is 0 Å². The predicted octanol–water partition coefficient (Wildman–Crippen LogP) is 4.52. The van der Waals surface area contributed by atoms with Crippen LogP contribution in [0.1, 0.15) is 28.3 Å². The SMILES string of the molecule is O=C(N[C@@H]1CCNC[C@H]1c1ccc(Cl)c(Cl)c1)c1ccc(Cl)cc1. The molecule has 6 heteroatoms. The van der Waals surface area contributed by atoms with E-state index >= 15 is 0 Å². The zero-order chi connectivity index (χ0) is 17.1. The van der Waals surface area contributed by atoms with Crippen molar-refractivity contribution in [2.24, 2.45) is 0 Å². The largest absolute Gasteiger partial charge is 0.349 e. The Morgan fingerprint density at radius 2 is 1.79 bits per heavy atom. The highest BCUT2D eigenvalue weighted by molar-refractivity contribution is 6.42. The molecular weight excluding hydrogens is 367 g/mol. The number of carbonyl (C=O) groups excluding carboxylic acids is 1. The maximum Gasteiger partial charge on any atom is 0.251 e. The van der Waals surface area contributed by atoms with Crippen LogP contribution in [0.2, 0.25) is 15.1 Å². The Kier molecular flexibility index (Phi) is 5.67. The van der Waals surface area contributed by atoms with Crippen molar-refractivity contribution in [2.75, 3.05) is 13.1 Å². The van der Waals surface area contributed by atoms with E-state index in [1.54, 1.807) is 30.3 Å². The van der Waals surface area contributed by atoms with Crippen molar-refractivity contribution in [3.63, 3.8) is 0 Å². The van der Waals surface area contributed by atoms with Crippen LogP contribution >= 0.6 is 34.8 Å². The number of piperidine rings is 1. The second kappa shape index (κ2) is 7.75. The van der Waals surface area contributed by atoms with E-state index in [4.69, 9.17) is 34.8 Å². The van der Waals surface area contributed by atoms with Gasteiger partial charge in [0.2, 0.25) is 0 Å². The number of amides is 1. The Balaban J connectivity index is 1.78. The maximum absolute atomic E-state index is 12.5. The number of nitrogens with one attached hydrogen (secondary N) is 2. The number of hydrogen-bond donors (Lipinski definition) is 2. The van der Waals surface area contributed by atoms with Crippen LogP contribution in [0, 0.1) is 0 Å². The normalized spacial score (nSPS) is 20.6. The van der Waals surface area contributed by atoms with E-state index < -0.39 is 0 Å². The molecule has 3 rings (SSSR count). The number of rotatable bonds is 3. The van der Waals surface area contributed by atoms with E-state index in [-0.39, 0.29) is 17.9 Å². The summed E-state index contributed by atoms with van der Waals surface area (Å²) in [7, 11) is 0. The van der Waals surface area contributed by atoms with Crippen LogP contribution in [0.25, 0.3) is 0 Å². The summed E-state index contributed by atoms with van der Waals surface area (Å²) in [6.07, 6.45) is 0.851. The number of halogens is 3. The van der Waals surface area contributed by atoms with Gasteiger partial charge in [-0.05, 0) is 54.9 Å². The third kappa shape index (κ3) is 4.04. The number of hydrogen-bond acceptors (Lipinski definition) is 2. The molecule has 24 heavy (non-hydrogen) atoms. The summed E-state index contributed by atoms with van der Waals surface area (Å²) < 4.78 is 0. The topological polar surface area (TPSA) is 41.1 Å². The van der Waals surface area contributed by atoms with Gasteiger partial charge in [-0.3, -0.25) is 4.79 Å². The van der Waals surface area contributed by atoms with Crippen molar-refractivity contribution >= 4 is 40.7 Å². The highest BCUT2D eigenvalue weighted by Crippen LogP contribution is 2.30. The average Bonchev–Trinajstić information content (AvgIpc) is 2.58. The fourth-order valence-electron chi connectivity index (χ4n) is 2.98. The Morgan fingerprint density at radius 1 is 1.04 bits per heavy atom. The summed E-state index contributed by atoms with van der Waals surface area (Å²) in [6, 6.07) is 12.6. The van der Waals surface area contributed by atoms with E-state index in [0.29, 0.717) is 20.6 Å². The summed E-state index contributed by atoms with van der Waals surface area (Å²) in [5.74, 6) is 0.0494. The van der Waals surface area contributed by atoms with Gasteiger partial charge in [0.25, 0.3) is 5.91 Å². The second-order valence-electron chi connectivity index (χ2n) is 5.86. The molecule has 1 fully saturated rings. The van der Waals surface area contributed by atoms with Crippen LogP contribution in [-0.4, -0.2) is 25.0 Å². The molecule has 2 N–H and O–H groups in total. The van der Waals surface area contributed by atoms with Gasteiger partial charge in [-0.15, -0.1) is 0 Å². The fourth-order valence-corrected chi connectivity index (χ4v) is 3.41. The summed E-state index contributed by atoms with van der Waals surface area (Å²) in [5, 5.41) is 8.19. The number of benzene rings is 2. The van der Waals surface area contributed by atoms with Crippen molar-refractivity contribution in [1.29, 1.82) is 0 Å². The smallest absolute Gasteiger partial charge is 0.251 e. The summed E-state index contributed by atoms with van der Waals surface area (Å²) in [5.41, 5.74) is 1.67. The first-order valence-corrected chi connectivity index (χ1v) is 8.90. The minimum Gasteiger partial charge on any atom is -0.349 e. The van der Waals surface area contributed by atoms with Crippen molar-refractivity contribution < 1.29 is 4.79 Å². The van der Waals surface area contributed by atoms with Crippen LogP contribution in [0.15, 0.2) is 42.5 Å². The van der Waals surface area contributed by atoms with Crippen molar-refractivity contribution in [1.82, 2.24) is 10.6 Å². The molecule has 1 amide bonds. The molecule has 2 aromatic carbocycles. The highest BCUT2D eigenvalue weighted by Gasteiger charge is 2.28. The first-order valence-electron chi connectivity index (χ1n) is 7.76. The molecule has 1 aliphatic rings. The molecule has 2 aromatic rings. The second-order valence-corrected chi connectivity index (χ2v) is 7.11. The first-order chi connectivity index (χ1) is 11.5. The third-order valence-electron chi connectivity index (χ3n) is 4.28. The third-order valence-corrected chi connectivity index (χ3v) is 5.27. The molecule has 126 valence electrons. The van der Waals surface area contributed by atoms with Gasteiger partial charge in [-0.25, -0.2) is 0 Å². The molecular formula is C18H17Cl3N2O. The molecule has 0 saturated carbocycles. The molecule has 1 heterocycles. The Morgan fingerprint density at radius 3 is 2.50 bits per heavy atom. The van der Waals surface area contributed by atoms with Crippen LogP contribution < -0.4 is 10.6 Å². The molecule has 0 aromatic heterocycles. The van der Waals surface area contributed by atoms with Crippen molar-refractivity contribution in [3.05, 3.63) is 68.7 Å². The maximum atomic E-state index is 12.5. The fraction of sp³-hybridized carbons (Fsp3) is 0.278. The minimum atomic E-state index is -0.0939. The van der Waals surface area contributed by atoms with E-state index in [1.807, 2.05) is 12.1 Å². The lowest BCUT2D eigenvalue weighted by Gasteiger charge is -2.33. The molecule has 0 unspecified atom stereocenters. The van der Waals surface area contributed by atoms with E-state index in [2.05, 4.69) is 10.6 Å². The van der Waals surface area contributed by atoms with Gasteiger partial charge in [-0.2, -0.15) is 0 Å². The molecule has 0 radical (unpaired) electrons. The zero-order valence-corrected chi connectivity index (χ0v) is 15.1. The average molecular weight is 384 g/mol. The quantitative estimate of drug-likeness (QED) is 0.818. The van der Waals surface area contributed by atoms with Crippen LogP contribution in [-0.2, 0) is 0 Å². The zero-order valence-electron chi connectivity index (χ0n) is 12.9. The lowest BCUT2D eigenvalue weighted by molar-refractivity contribution is 0.0923. The molecule has 2 atom stereocenters. The van der Waals surface area contributed by atoms with Gasteiger partial charge in [0.1, 0.15) is 0 Å². The van der Waals surface area contributed by atoms with Crippen LogP contribution in [0.4, 0.5) is 0 Å². The Hall–Kier alpha value is -1.26. The summed E-state index contributed by atoms with van der Waals surface area (Å²) in [4.78, 5) is 12.5. The minimum absolute atomic E-state index is 0.0340. The van der Waals surface area contributed by atoms with Gasteiger partial charge in [-0.1, -0.05) is 40.9 Å². The molecule has 0 spiro atoms. The summed E-state index contributed by atoms with van der Waals surface area (Å²) in [6.45, 7) is 1.65. The van der Waals surface area contributed by atoms with Crippen LogP contribution in [0.5, 0.6) is 0 Å². The van der Waals surface area contributed by atoms with Gasteiger partial charge < -0.3 is 10.6 Å². The van der Waals surface area contributed by atoms with Crippen molar-refractivity contribution in [3.8, 4) is 0 Å². The monoisotopic (exact) mass is 382 g/mol. The highest BCUT2D eigenvalue weighted by atomic mass is 35.5. The molecule has 3 nitrogen and oxygen atoms in total. The number of carbonyl (C=O) groups is 1. The predicted molar refractivity (Wildman–Crippen MR) is 99.4 cm³/mol. The molecule has 1 aliphatic heterocycles.